The highest BCUT2D eigenvalue weighted by Gasteiger charge is 2.29. The van der Waals surface area contributed by atoms with Crippen LogP contribution in [0.1, 0.15) is 32.5 Å². The molecule has 2 N–H and O–H groups in total. The first kappa shape index (κ1) is 14.0. The molecule has 4 heteroatoms. The molecule has 1 aromatic carbocycles. The topological polar surface area (TPSA) is 43.8 Å². The van der Waals surface area contributed by atoms with Crippen LogP contribution in [0.3, 0.4) is 0 Å². The summed E-state index contributed by atoms with van der Waals surface area (Å²) in [6, 6.07) is 7.93. The number of imidazole rings is 1. The molecule has 0 fully saturated rings. The van der Waals surface area contributed by atoms with E-state index in [2.05, 4.69) is 16.5 Å². The first-order valence-corrected chi connectivity index (χ1v) is 6.96. The van der Waals surface area contributed by atoms with Crippen molar-refractivity contribution in [3.8, 4) is 0 Å². The summed E-state index contributed by atoms with van der Waals surface area (Å²) in [6.07, 6.45) is 1.57. The van der Waals surface area contributed by atoms with E-state index < -0.39 is 5.67 Å². The zero-order valence-corrected chi connectivity index (χ0v) is 11.7. The summed E-state index contributed by atoms with van der Waals surface area (Å²) < 4.78 is 16.8. The van der Waals surface area contributed by atoms with Crippen molar-refractivity contribution in [1.29, 1.82) is 0 Å². The predicted molar refractivity (Wildman–Crippen MR) is 76.9 cm³/mol. The Kier molecular flexibility index (Phi) is 4.20. The van der Waals surface area contributed by atoms with E-state index in [4.69, 9.17) is 5.73 Å². The van der Waals surface area contributed by atoms with Gasteiger partial charge < -0.3 is 10.3 Å². The van der Waals surface area contributed by atoms with Crippen molar-refractivity contribution >= 4 is 11.0 Å². The van der Waals surface area contributed by atoms with E-state index in [1.54, 1.807) is 0 Å². The van der Waals surface area contributed by atoms with Gasteiger partial charge in [-0.05, 0) is 25.5 Å². The third kappa shape index (κ3) is 2.78. The fraction of sp³-hybridized carbons (Fsp3) is 0.533. The molecule has 0 aliphatic rings. The summed E-state index contributed by atoms with van der Waals surface area (Å²) in [5, 5.41) is 0. The monoisotopic (exact) mass is 263 g/mol. The molecular formula is C15H22FN3. The van der Waals surface area contributed by atoms with E-state index in [1.807, 2.05) is 31.2 Å². The van der Waals surface area contributed by atoms with Crippen LogP contribution in [0.25, 0.3) is 11.0 Å². The van der Waals surface area contributed by atoms with Gasteiger partial charge in [-0.3, -0.25) is 0 Å². The highest BCUT2D eigenvalue weighted by Crippen LogP contribution is 2.25. The number of hydrogen-bond donors (Lipinski definition) is 1. The Balaban J connectivity index is 2.39. The lowest BCUT2D eigenvalue weighted by Crippen LogP contribution is -2.36. The molecule has 19 heavy (non-hydrogen) atoms. The van der Waals surface area contributed by atoms with Gasteiger partial charge >= 0.3 is 0 Å². The maximum Gasteiger partial charge on any atom is 0.130 e. The minimum atomic E-state index is -1.34. The number of rotatable bonds is 6. The molecule has 2 rings (SSSR count). The lowest BCUT2D eigenvalue weighted by molar-refractivity contribution is 0.154. The zero-order chi connectivity index (χ0) is 13.9. The van der Waals surface area contributed by atoms with Gasteiger partial charge in [0.2, 0.25) is 0 Å². The Morgan fingerprint density at radius 3 is 2.68 bits per heavy atom. The van der Waals surface area contributed by atoms with Gasteiger partial charge in [-0.25, -0.2) is 9.37 Å². The second kappa shape index (κ2) is 5.70. The average molecular weight is 263 g/mol. The molecule has 1 aromatic heterocycles. The van der Waals surface area contributed by atoms with Crippen molar-refractivity contribution in [2.75, 3.05) is 6.54 Å². The van der Waals surface area contributed by atoms with Crippen LogP contribution in [0.2, 0.25) is 0 Å². The molecular weight excluding hydrogens is 241 g/mol. The summed E-state index contributed by atoms with van der Waals surface area (Å²) in [6.45, 7) is 4.88. The molecule has 1 heterocycles. The number of halogens is 1. The number of hydrogen-bond acceptors (Lipinski definition) is 2. The summed E-state index contributed by atoms with van der Waals surface area (Å²) in [5.41, 5.74) is 6.26. The first-order chi connectivity index (χ1) is 9.13. The van der Waals surface area contributed by atoms with E-state index in [-0.39, 0.29) is 6.54 Å². The molecule has 0 saturated carbocycles. The molecule has 0 aliphatic carbocycles. The largest absolute Gasteiger partial charge is 0.328 e. The van der Waals surface area contributed by atoms with Crippen molar-refractivity contribution in [2.24, 2.45) is 5.73 Å². The van der Waals surface area contributed by atoms with E-state index in [1.165, 1.54) is 0 Å². The second-order valence-electron chi connectivity index (χ2n) is 5.04. The van der Waals surface area contributed by atoms with Gasteiger partial charge in [-0.15, -0.1) is 0 Å². The number of nitrogens with zero attached hydrogens (tertiary/aromatic N) is 2. The van der Waals surface area contributed by atoms with Crippen LogP contribution in [0.5, 0.6) is 0 Å². The Bertz CT molecular complexity index is 549. The van der Waals surface area contributed by atoms with Gasteiger partial charge in [-0.2, -0.15) is 0 Å². The van der Waals surface area contributed by atoms with Gasteiger partial charge in [0.05, 0.1) is 11.0 Å². The summed E-state index contributed by atoms with van der Waals surface area (Å²) >= 11 is 0. The summed E-state index contributed by atoms with van der Waals surface area (Å²) in [5.74, 6) is 0.796. The summed E-state index contributed by atoms with van der Waals surface area (Å²) in [7, 11) is 0. The van der Waals surface area contributed by atoms with Crippen LogP contribution in [0.4, 0.5) is 4.39 Å². The first-order valence-electron chi connectivity index (χ1n) is 6.96. The van der Waals surface area contributed by atoms with Crippen LogP contribution >= 0.6 is 0 Å². The number of nitrogens with two attached hydrogens (primary N) is 1. The number of aromatic nitrogens is 2. The van der Waals surface area contributed by atoms with Crippen LogP contribution in [0, 0.1) is 0 Å². The molecule has 3 nitrogen and oxygen atoms in total. The van der Waals surface area contributed by atoms with Crippen LogP contribution in [0.15, 0.2) is 24.3 Å². The fourth-order valence-electron chi connectivity index (χ4n) is 2.61. The molecule has 0 saturated heterocycles. The molecule has 0 spiro atoms. The molecule has 104 valence electrons. The Labute approximate surface area is 113 Å². The highest BCUT2D eigenvalue weighted by atomic mass is 19.1. The average Bonchev–Trinajstić information content (AvgIpc) is 2.75. The minimum absolute atomic E-state index is 0.0494. The summed E-state index contributed by atoms with van der Waals surface area (Å²) in [4.78, 5) is 4.57. The van der Waals surface area contributed by atoms with Crippen molar-refractivity contribution in [3.05, 3.63) is 30.1 Å². The Hall–Kier alpha value is -1.42. The smallest absolute Gasteiger partial charge is 0.130 e. The second-order valence-corrected chi connectivity index (χ2v) is 5.04. The third-order valence-corrected chi connectivity index (χ3v) is 3.59. The number of aryl methyl sites for hydroxylation is 1. The Morgan fingerprint density at radius 1 is 1.32 bits per heavy atom. The fourth-order valence-corrected chi connectivity index (χ4v) is 2.61. The van der Waals surface area contributed by atoms with Gasteiger partial charge in [0.25, 0.3) is 0 Å². The van der Waals surface area contributed by atoms with Crippen molar-refractivity contribution in [1.82, 2.24) is 9.55 Å². The molecule has 1 atom stereocenters. The number of fused-ring (bicyclic) bond motifs is 1. The molecule has 1 unspecified atom stereocenters. The third-order valence-electron chi connectivity index (χ3n) is 3.59. The van der Waals surface area contributed by atoms with E-state index in [9.17, 15) is 4.39 Å². The lowest BCUT2D eigenvalue weighted by atomic mass is 9.96. The molecule has 0 bridgehead atoms. The minimum Gasteiger partial charge on any atom is -0.328 e. The van der Waals surface area contributed by atoms with Crippen LogP contribution in [-0.4, -0.2) is 21.8 Å². The van der Waals surface area contributed by atoms with Gasteiger partial charge in [0.15, 0.2) is 0 Å². The van der Waals surface area contributed by atoms with E-state index in [0.29, 0.717) is 12.8 Å². The molecule has 0 radical (unpaired) electrons. The maximum absolute atomic E-state index is 14.7. The van der Waals surface area contributed by atoms with Crippen molar-refractivity contribution < 1.29 is 4.39 Å². The number of alkyl halides is 1. The zero-order valence-electron chi connectivity index (χ0n) is 11.7. The number of benzene rings is 1. The van der Waals surface area contributed by atoms with Crippen LogP contribution < -0.4 is 5.73 Å². The Morgan fingerprint density at radius 2 is 2.05 bits per heavy atom. The van der Waals surface area contributed by atoms with Gasteiger partial charge in [-0.1, -0.05) is 25.5 Å². The predicted octanol–water partition coefficient (Wildman–Crippen LogP) is 3.07. The van der Waals surface area contributed by atoms with Crippen LogP contribution in [-0.2, 0) is 13.0 Å². The standard InChI is InChI=1S/C15H22FN3/c1-3-9-15(16,11-17)10-14-18-12-7-5-6-8-13(12)19(14)4-2/h5-8H,3-4,9-11,17H2,1-2H3. The normalized spacial score (nSPS) is 14.7. The van der Waals surface area contributed by atoms with E-state index in [0.717, 1.165) is 29.8 Å². The van der Waals surface area contributed by atoms with Crippen molar-refractivity contribution in [3.63, 3.8) is 0 Å². The van der Waals surface area contributed by atoms with Gasteiger partial charge in [0, 0.05) is 19.5 Å². The molecule has 0 aliphatic heterocycles. The molecule has 0 amide bonds. The lowest BCUT2D eigenvalue weighted by Gasteiger charge is -2.23. The quantitative estimate of drug-likeness (QED) is 0.870. The van der Waals surface area contributed by atoms with Gasteiger partial charge in [0.1, 0.15) is 11.5 Å². The highest BCUT2D eigenvalue weighted by molar-refractivity contribution is 5.75. The molecule has 2 aromatic rings. The van der Waals surface area contributed by atoms with Crippen molar-refractivity contribution in [2.45, 2.75) is 45.3 Å². The maximum atomic E-state index is 14.7. The SMILES string of the molecule is CCCC(F)(CN)Cc1nc2ccccc2n1CC. The number of para-hydroxylation sites is 2. The van der Waals surface area contributed by atoms with E-state index >= 15 is 0 Å².